The first-order valence-electron chi connectivity index (χ1n) is 12.3. The van der Waals surface area contributed by atoms with Gasteiger partial charge in [0.05, 0.1) is 18.3 Å². The lowest BCUT2D eigenvalue weighted by Gasteiger charge is -2.63. The second-order valence-corrected chi connectivity index (χ2v) is 11.6. The van der Waals surface area contributed by atoms with Crippen LogP contribution in [0.4, 0.5) is 0 Å². The number of aliphatic hydroxyl groups excluding tert-OH is 3. The minimum absolute atomic E-state index is 0.0350. The van der Waals surface area contributed by atoms with Gasteiger partial charge in [0.2, 0.25) is 0 Å². The van der Waals surface area contributed by atoms with E-state index in [4.69, 9.17) is 0 Å². The summed E-state index contributed by atoms with van der Waals surface area (Å²) in [5, 5.41) is 33.1. The molecule has 11 atom stereocenters. The molecule has 3 nitrogen and oxygen atoms in total. The monoisotopic (exact) mass is 392 g/mol. The number of hydrogen-bond donors (Lipinski definition) is 3. The normalized spacial score (nSPS) is 54.5. The van der Waals surface area contributed by atoms with Crippen LogP contribution in [0.1, 0.15) is 91.9 Å². The molecule has 0 aromatic carbocycles. The van der Waals surface area contributed by atoms with Crippen LogP contribution in [0.15, 0.2) is 0 Å². The molecule has 4 aliphatic rings. The largest absolute Gasteiger partial charge is 0.393 e. The lowest BCUT2D eigenvalue weighted by molar-refractivity contribution is -0.207. The summed E-state index contributed by atoms with van der Waals surface area (Å²) in [5.41, 5.74) is 0.143. The van der Waals surface area contributed by atoms with E-state index in [1.165, 1.54) is 32.1 Å². The van der Waals surface area contributed by atoms with Crippen molar-refractivity contribution < 1.29 is 15.3 Å². The van der Waals surface area contributed by atoms with Crippen molar-refractivity contribution in [3.63, 3.8) is 0 Å². The van der Waals surface area contributed by atoms with Crippen LogP contribution in [-0.2, 0) is 0 Å². The molecule has 162 valence electrons. The first-order valence-corrected chi connectivity index (χ1v) is 12.3. The van der Waals surface area contributed by atoms with Gasteiger partial charge in [0, 0.05) is 0 Å². The van der Waals surface area contributed by atoms with Crippen LogP contribution in [-0.4, -0.2) is 33.6 Å². The van der Waals surface area contributed by atoms with Crippen molar-refractivity contribution in [2.45, 2.75) is 110 Å². The molecule has 0 spiro atoms. The standard InChI is InChI=1S/C25H44O3/c1-5-6-7-15(2)18-8-9-19-23-20(14-22(28)25(18,19)4)24(3)11-10-17(26)12-16(24)13-21(23)27/h15-23,26-28H,5-14H2,1-4H3/t15-,16?,17+,18-,19+,20+,21?,22+,23?,24+,25-/m1/s1. The van der Waals surface area contributed by atoms with Crippen molar-refractivity contribution in [2.24, 2.45) is 46.3 Å². The van der Waals surface area contributed by atoms with Gasteiger partial charge in [-0.1, -0.05) is 47.0 Å². The summed E-state index contributed by atoms with van der Waals surface area (Å²) in [5.74, 6) is 2.86. The third-order valence-corrected chi connectivity index (χ3v) is 10.5. The number of fused-ring (bicyclic) bond motifs is 5. The maximum absolute atomic E-state index is 11.5. The number of hydrogen-bond acceptors (Lipinski definition) is 3. The Kier molecular flexibility index (Phi) is 5.69. The Balaban J connectivity index is 1.62. The van der Waals surface area contributed by atoms with E-state index < -0.39 is 0 Å². The van der Waals surface area contributed by atoms with E-state index in [2.05, 4.69) is 27.7 Å². The molecule has 0 heterocycles. The molecule has 4 saturated carbocycles. The molecular formula is C25H44O3. The van der Waals surface area contributed by atoms with Crippen LogP contribution in [0.25, 0.3) is 0 Å². The van der Waals surface area contributed by atoms with Crippen molar-refractivity contribution in [1.29, 1.82) is 0 Å². The van der Waals surface area contributed by atoms with Gasteiger partial charge in [0.1, 0.15) is 0 Å². The van der Waals surface area contributed by atoms with E-state index in [9.17, 15) is 15.3 Å². The zero-order chi connectivity index (χ0) is 20.3. The summed E-state index contributed by atoms with van der Waals surface area (Å²) in [6, 6.07) is 0. The smallest absolute Gasteiger partial charge is 0.0602 e. The molecule has 0 bridgehead atoms. The highest BCUT2D eigenvalue weighted by atomic mass is 16.3. The van der Waals surface area contributed by atoms with Gasteiger partial charge in [-0.25, -0.2) is 0 Å². The van der Waals surface area contributed by atoms with E-state index in [0.29, 0.717) is 35.5 Å². The molecule has 0 aromatic heterocycles. The molecule has 28 heavy (non-hydrogen) atoms. The van der Waals surface area contributed by atoms with Gasteiger partial charge in [0.25, 0.3) is 0 Å². The second kappa shape index (κ2) is 7.54. The highest BCUT2D eigenvalue weighted by molar-refractivity contribution is 5.14. The maximum Gasteiger partial charge on any atom is 0.0602 e. The van der Waals surface area contributed by atoms with Crippen molar-refractivity contribution in [1.82, 2.24) is 0 Å². The van der Waals surface area contributed by atoms with E-state index in [1.807, 2.05) is 0 Å². The minimum Gasteiger partial charge on any atom is -0.393 e. The summed E-state index contributed by atoms with van der Waals surface area (Å²) < 4.78 is 0. The molecular weight excluding hydrogens is 348 g/mol. The Morgan fingerprint density at radius 3 is 2.43 bits per heavy atom. The van der Waals surface area contributed by atoms with Crippen LogP contribution in [0.5, 0.6) is 0 Å². The Hall–Kier alpha value is -0.120. The Morgan fingerprint density at radius 1 is 0.964 bits per heavy atom. The Morgan fingerprint density at radius 2 is 1.71 bits per heavy atom. The summed E-state index contributed by atoms with van der Waals surface area (Å²) >= 11 is 0. The van der Waals surface area contributed by atoms with Gasteiger partial charge in [0.15, 0.2) is 0 Å². The van der Waals surface area contributed by atoms with Gasteiger partial charge in [-0.05, 0) is 91.3 Å². The van der Waals surface area contributed by atoms with Crippen LogP contribution in [0.2, 0.25) is 0 Å². The van der Waals surface area contributed by atoms with Crippen LogP contribution in [0.3, 0.4) is 0 Å². The highest BCUT2D eigenvalue weighted by Gasteiger charge is 2.65. The number of aliphatic hydroxyl groups is 3. The van der Waals surface area contributed by atoms with Crippen molar-refractivity contribution in [3.8, 4) is 0 Å². The van der Waals surface area contributed by atoms with Gasteiger partial charge < -0.3 is 15.3 Å². The lowest BCUT2D eigenvalue weighted by atomic mass is 9.43. The maximum atomic E-state index is 11.5. The molecule has 3 heteroatoms. The average Bonchev–Trinajstić information content (AvgIpc) is 3.01. The molecule has 3 N–H and O–H groups in total. The van der Waals surface area contributed by atoms with Crippen LogP contribution < -0.4 is 0 Å². The molecule has 0 radical (unpaired) electrons. The zero-order valence-electron chi connectivity index (χ0n) is 18.6. The van der Waals surface area contributed by atoms with E-state index in [0.717, 1.165) is 32.1 Å². The molecule has 0 aromatic rings. The van der Waals surface area contributed by atoms with E-state index in [-0.39, 0.29) is 29.1 Å². The zero-order valence-corrected chi connectivity index (χ0v) is 18.6. The van der Waals surface area contributed by atoms with Crippen molar-refractivity contribution in [3.05, 3.63) is 0 Å². The summed E-state index contributed by atoms with van der Waals surface area (Å²) in [4.78, 5) is 0. The first-order chi connectivity index (χ1) is 13.2. The quantitative estimate of drug-likeness (QED) is 0.645. The summed E-state index contributed by atoms with van der Waals surface area (Å²) in [6.45, 7) is 9.45. The molecule has 3 unspecified atom stereocenters. The van der Waals surface area contributed by atoms with Gasteiger partial charge in [-0.3, -0.25) is 0 Å². The second-order valence-electron chi connectivity index (χ2n) is 11.6. The average molecular weight is 393 g/mol. The Labute approximate surface area is 172 Å². The van der Waals surface area contributed by atoms with E-state index >= 15 is 0 Å². The van der Waals surface area contributed by atoms with Crippen molar-refractivity contribution >= 4 is 0 Å². The fraction of sp³-hybridized carbons (Fsp3) is 1.00. The predicted octanol–water partition coefficient (Wildman–Crippen LogP) is 4.77. The molecule has 0 saturated heterocycles. The van der Waals surface area contributed by atoms with E-state index in [1.54, 1.807) is 0 Å². The number of unbranched alkanes of at least 4 members (excludes halogenated alkanes) is 1. The fourth-order valence-corrected chi connectivity index (χ4v) is 8.86. The molecule has 4 fully saturated rings. The predicted molar refractivity (Wildman–Crippen MR) is 113 cm³/mol. The van der Waals surface area contributed by atoms with Gasteiger partial charge in [-0.2, -0.15) is 0 Å². The van der Waals surface area contributed by atoms with Crippen molar-refractivity contribution in [2.75, 3.05) is 0 Å². The molecule has 4 aliphatic carbocycles. The third kappa shape index (κ3) is 3.02. The topological polar surface area (TPSA) is 60.7 Å². The van der Waals surface area contributed by atoms with Gasteiger partial charge in [-0.15, -0.1) is 0 Å². The Bertz CT molecular complexity index is 564. The number of rotatable bonds is 4. The minimum atomic E-state index is -0.255. The highest BCUT2D eigenvalue weighted by Crippen LogP contribution is 2.68. The molecule has 4 rings (SSSR count). The SMILES string of the molecule is CCCC[C@@H](C)[C@H]1CC[C@H]2C3C(O)CC4C[C@@H](O)CC[C@]4(C)[C@H]3C[C@H](O)[C@]12C. The van der Waals surface area contributed by atoms with Gasteiger partial charge >= 0.3 is 0 Å². The lowest BCUT2D eigenvalue weighted by Crippen LogP contribution is -2.62. The summed E-state index contributed by atoms with van der Waals surface area (Å²) in [6.07, 6.45) is 9.99. The molecule has 0 aliphatic heterocycles. The first kappa shape index (κ1) is 21.1. The summed E-state index contributed by atoms with van der Waals surface area (Å²) in [7, 11) is 0. The van der Waals surface area contributed by atoms with Crippen LogP contribution >= 0.6 is 0 Å². The molecule has 0 amide bonds. The fourth-order valence-electron chi connectivity index (χ4n) is 8.86. The van der Waals surface area contributed by atoms with Crippen LogP contribution in [0, 0.1) is 46.3 Å². The third-order valence-electron chi connectivity index (χ3n) is 10.5.